The molecule has 0 saturated heterocycles. The predicted octanol–water partition coefficient (Wildman–Crippen LogP) is 3.90. The van der Waals surface area contributed by atoms with Gasteiger partial charge in [-0.25, -0.2) is 4.39 Å². The third-order valence-corrected chi connectivity index (χ3v) is 7.24. The van der Waals surface area contributed by atoms with Crippen LogP contribution in [-0.2, 0) is 17.6 Å². The highest BCUT2D eigenvalue weighted by molar-refractivity contribution is 5.85. The summed E-state index contributed by atoms with van der Waals surface area (Å²) < 4.78 is 14.0. The molecule has 2 heterocycles. The van der Waals surface area contributed by atoms with Crippen LogP contribution in [0.2, 0.25) is 0 Å². The normalized spacial score (nSPS) is 28.9. The Hall–Kier alpha value is -2.21. The lowest BCUT2D eigenvalue weighted by molar-refractivity contribution is -0.0888. The van der Waals surface area contributed by atoms with E-state index in [-0.39, 0.29) is 17.3 Å². The molecular formula is C25H30FN3O. The van der Waals surface area contributed by atoms with E-state index in [9.17, 15) is 9.50 Å². The molecule has 2 aromatic carbocycles. The zero-order valence-electron chi connectivity index (χ0n) is 17.7. The van der Waals surface area contributed by atoms with Gasteiger partial charge >= 0.3 is 0 Å². The summed E-state index contributed by atoms with van der Waals surface area (Å²) in [5, 5.41) is 17.0. The van der Waals surface area contributed by atoms with Gasteiger partial charge in [0.15, 0.2) is 0 Å². The minimum Gasteiger partial charge on any atom is -0.385 e. The molecule has 0 amide bonds. The molecule has 3 unspecified atom stereocenters. The first-order valence-corrected chi connectivity index (χ1v) is 10.9. The fraction of sp³-hybridized carbons (Fsp3) is 0.440. The first-order valence-electron chi connectivity index (χ1n) is 10.9. The van der Waals surface area contributed by atoms with E-state index in [1.165, 1.54) is 34.3 Å². The van der Waals surface area contributed by atoms with Crippen molar-refractivity contribution in [2.75, 3.05) is 27.2 Å². The van der Waals surface area contributed by atoms with Gasteiger partial charge in [-0.3, -0.25) is 0 Å². The topological polar surface area (TPSA) is 51.3 Å². The van der Waals surface area contributed by atoms with Crippen molar-refractivity contribution in [3.05, 3.63) is 71.2 Å². The van der Waals surface area contributed by atoms with Crippen LogP contribution >= 0.6 is 0 Å². The number of hydrogen-bond acceptors (Lipinski definition) is 3. The molecule has 3 aromatic rings. The highest BCUT2D eigenvalue weighted by Gasteiger charge is 2.52. The molecule has 1 aliphatic heterocycles. The van der Waals surface area contributed by atoms with Gasteiger partial charge in [-0.2, -0.15) is 0 Å². The number of halogens is 1. The van der Waals surface area contributed by atoms with Gasteiger partial charge in [-0.15, -0.1) is 0 Å². The summed E-state index contributed by atoms with van der Waals surface area (Å²) in [6.07, 6.45) is 3.21. The molecule has 3 N–H and O–H groups in total. The van der Waals surface area contributed by atoms with Crippen molar-refractivity contribution in [2.45, 2.75) is 36.8 Å². The van der Waals surface area contributed by atoms with E-state index >= 15 is 0 Å². The smallest absolute Gasteiger partial charge is 0.123 e. The molecule has 0 radical (unpaired) electrons. The van der Waals surface area contributed by atoms with Crippen molar-refractivity contribution >= 4 is 10.9 Å². The van der Waals surface area contributed by atoms with Gasteiger partial charge in [0.25, 0.3) is 0 Å². The number of nitrogens with one attached hydrogen (secondary N) is 2. The quantitative estimate of drug-likeness (QED) is 0.617. The molecule has 30 heavy (non-hydrogen) atoms. The fourth-order valence-corrected chi connectivity index (χ4v) is 5.86. The standard InChI is InChI=1S/C25H30FN3O/c1-29(2)16-18-15-24(11-12-25(18,30)17-6-5-7-19(26)14-17)23-21(10-13-27-24)20-8-3-4-9-22(20)28-23/h3-9,14,18,27-28,30H,10-13,15-16H2,1-2H3. The van der Waals surface area contributed by atoms with Gasteiger partial charge in [0, 0.05) is 35.6 Å². The maximum absolute atomic E-state index is 14.0. The minimum absolute atomic E-state index is 0.0205. The third kappa shape index (κ3) is 3.08. The van der Waals surface area contributed by atoms with E-state index in [1.54, 1.807) is 6.07 Å². The van der Waals surface area contributed by atoms with E-state index in [4.69, 9.17) is 0 Å². The summed E-state index contributed by atoms with van der Waals surface area (Å²) in [7, 11) is 4.08. The van der Waals surface area contributed by atoms with Crippen LogP contribution in [0.5, 0.6) is 0 Å². The van der Waals surface area contributed by atoms with Gasteiger partial charge in [0.05, 0.1) is 11.1 Å². The van der Waals surface area contributed by atoms with E-state index in [0.717, 1.165) is 32.4 Å². The average Bonchev–Trinajstić information content (AvgIpc) is 3.11. The zero-order valence-corrected chi connectivity index (χ0v) is 17.7. The fourth-order valence-electron chi connectivity index (χ4n) is 5.86. The molecule has 4 nitrogen and oxygen atoms in total. The van der Waals surface area contributed by atoms with Gasteiger partial charge < -0.3 is 20.3 Å². The molecule has 3 atom stereocenters. The van der Waals surface area contributed by atoms with Crippen molar-refractivity contribution in [3.63, 3.8) is 0 Å². The van der Waals surface area contributed by atoms with Crippen LogP contribution in [0.1, 0.15) is 36.1 Å². The van der Waals surface area contributed by atoms with Crippen LogP contribution in [0.4, 0.5) is 4.39 Å². The SMILES string of the molecule is CN(C)CC1CC2(CCC1(O)c1cccc(F)c1)NCCc1c2[nH]c2ccccc12. The van der Waals surface area contributed by atoms with E-state index in [2.05, 4.69) is 39.5 Å². The summed E-state index contributed by atoms with van der Waals surface area (Å²) >= 11 is 0. The number of fused-ring (bicyclic) bond motifs is 4. The molecule has 1 aliphatic carbocycles. The summed E-state index contributed by atoms with van der Waals surface area (Å²) in [6.45, 7) is 1.67. The van der Waals surface area contributed by atoms with Crippen molar-refractivity contribution in [1.82, 2.24) is 15.2 Å². The molecule has 5 heteroatoms. The van der Waals surface area contributed by atoms with Crippen molar-refractivity contribution < 1.29 is 9.50 Å². The van der Waals surface area contributed by atoms with Crippen molar-refractivity contribution in [3.8, 4) is 0 Å². The van der Waals surface area contributed by atoms with Crippen LogP contribution in [0, 0.1) is 11.7 Å². The lowest BCUT2D eigenvalue weighted by atomic mass is 9.62. The van der Waals surface area contributed by atoms with Gasteiger partial charge in [-0.1, -0.05) is 30.3 Å². The van der Waals surface area contributed by atoms with Crippen LogP contribution in [0.25, 0.3) is 10.9 Å². The summed E-state index contributed by atoms with van der Waals surface area (Å²) in [5.41, 5.74) is 3.33. The van der Waals surface area contributed by atoms with Crippen LogP contribution in [0.3, 0.4) is 0 Å². The van der Waals surface area contributed by atoms with Gasteiger partial charge in [0.2, 0.25) is 0 Å². The van der Waals surface area contributed by atoms with Crippen LogP contribution < -0.4 is 5.32 Å². The molecule has 2 aliphatic rings. The van der Waals surface area contributed by atoms with Crippen molar-refractivity contribution in [2.24, 2.45) is 5.92 Å². The number of nitrogens with zero attached hydrogens (tertiary/aromatic N) is 1. The third-order valence-electron chi connectivity index (χ3n) is 7.24. The summed E-state index contributed by atoms with van der Waals surface area (Å²) in [5.74, 6) is -0.313. The maximum atomic E-state index is 14.0. The number of aliphatic hydroxyl groups is 1. The van der Waals surface area contributed by atoms with E-state index in [0.29, 0.717) is 12.0 Å². The monoisotopic (exact) mass is 407 g/mol. The molecule has 1 spiro atoms. The molecule has 1 fully saturated rings. The number of benzene rings is 2. The highest BCUT2D eigenvalue weighted by Crippen LogP contribution is 2.51. The number of aromatic nitrogens is 1. The largest absolute Gasteiger partial charge is 0.385 e. The lowest BCUT2D eigenvalue weighted by Gasteiger charge is -2.51. The molecule has 1 saturated carbocycles. The molecule has 5 rings (SSSR count). The Bertz CT molecular complexity index is 1080. The Morgan fingerprint density at radius 1 is 1.13 bits per heavy atom. The lowest BCUT2D eigenvalue weighted by Crippen LogP contribution is -2.57. The Labute approximate surface area is 177 Å². The van der Waals surface area contributed by atoms with Crippen LogP contribution in [0.15, 0.2) is 48.5 Å². The molecular weight excluding hydrogens is 377 g/mol. The molecule has 0 bridgehead atoms. The highest BCUT2D eigenvalue weighted by atomic mass is 19.1. The Morgan fingerprint density at radius 3 is 2.77 bits per heavy atom. The Balaban J connectivity index is 1.58. The second kappa shape index (κ2) is 7.19. The van der Waals surface area contributed by atoms with Crippen molar-refractivity contribution in [1.29, 1.82) is 0 Å². The maximum Gasteiger partial charge on any atom is 0.123 e. The first kappa shape index (κ1) is 19.7. The summed E-state index contributed by atoms with van der Waals surface area (Å²) in [6, 6.07) is 15.0. The minimum atomic E-state index is -1.04. The van der Waals surface area contributed by atoms with E-state index in [1.807, 2.05) is 20.2 Å². The number of rotatable bonds is 3. The first-order chi connectivity index (χ1) is 14.4. The Kier molecular flexibility index (Phi) is 4.73. The molecule has 1 aromatic heterocycles. The van der Waals surface area contributed by atoms with Gasteiger partial charge in [0.1, 0.15) is 5.82 Å². The molecule has 158 valence electrons. The van der Waals surface area contributed by atoms with E-state index < -0.39 is 5.60 Å². The second-order valence-corrected chi connectivity index (χ2v) is 9.38. The number of hydrogen-bond donors (Lipinski definition) is 3. The summed E-state index contributed by atoms with van der Waals surface area (Å²) in [4.78, 5) is 5.84. The predicted molar refractivity (Wildman–Crippen MR) is 118 cm³/mol. The Morgan fingerprint density at radius 2 is 1.97 bits per heavy atom. The number of H-pyrrole nitrogens is 1. The zero-order chi connectivity index (χ0) is 20.9. The second-order valence-electron chi connectivity index (χ2n) is 9.38. The van der Waals surface area contributed by atoms with Crippen LogP contribution in [-0.4, -0.2) is 42.2 Å². The number of aromatic amines is 1. The number of para-hydroxylation sites is 1. The average molecular weight is 408 g/mol. The van der Waals surface area contributed by atoms with Gasteiger partial charge in [-0.05, 0) is 69.1 Å².